The van der Waals surface area contributed by atoms with Gasteiger partial charge in [-0.05, 0) is 67.8 Å². The minimum absolute atomic E-state index is 0.0157. The van der Waals surface area contributed by atoms with E-state index in [9.17, 15) is 22.4 Å². The molecule has 2 amide bonds. The molecule has 3 rings (SSSR count). The summed E-state index contributed by atoms with van der Waals surface area (Å²) in [6, 6.07) is 19.6. The molecule has 1 atom stereocenters. The van der Waals surface area contributed by atoms with Crippen LogP contribution in [0.3, 0.4) is 0 Å². The standard InChI is InChI=1S/C28H32FN3O4S/c1-4-26(28(34)30-5-2)31(19-22-14-16-23(29)17-15-22)27(33)20-32(24-11-9-10-21(3)18-24)37(35,36)25-12-7-6-8-13-25/h6-18,26H,4-5,19-20H2,1-3H3,(H,30,34)/t26-/m0/s1. The molecule has 0 fully saturated rings. The molecule has 9 heteroatoms. The molecule has 3 aromatic carbocycles. The molecule has 0 bridgehead atoms. The molecule has 0 unspecified atom stereocenters. The summed E-state index contributed by atoms with van der Waals surface area (Å²) in [4.78, 5) is 28.1. The molecule has 37 heavy (non-hydrogen) atoms. The number of carbonyl (C=O) groups excluding carboxylic acids is 2. The number of amides is 2. The lowest BCUT2D eigenvalue weighted by Gasteiger charge is -2.33. The second-order valence-corrected chi connectivity index (χ2v) is 10.5. The second-order valence-electron chi connectivity index (χ2n) is 8.63. The van der Waals surface area contributed by atoms with Gasteiger partial charge in [0.25, 0.3) is 10.0 Å². The molecule has 7 nitrogen and oxygen atoms in total. The maximum atomic E-state index is 13.8. The Morgan fingerprint density at radius 2 is 1.62 bits per heavy atom. The predicted octanol–water partition coefficient (Wildman–Crippen LogP) is 4.27. The van der Waals surface area contributed by atoms with Gasteiger partial charge in [-0.15, -0.1) is 0 Å². The van der Waals surface area contributed by atoms with Crippen molar-refractivity contribution in [2.75, 3.05) is 17.4 Å². The van der Waals surface area contributed by atoms with Crippen LogP contribution < -0.4 is 9.62 Å². The summed E-state index contributed by atoms with van der Waals surface area (Å²) in [5.41, 5.74) is 1.78. The summed E-state index contributed by atoms with van der Waals surface area (Å²) in [7, 11) is -4.11. The second kappa shape index (κ2) is 12.5. The Hall–Kier alpha value is -3.72. The number of anilines is 1. The van der Waals surface area contributed by atoms with Crippen molar-refractivity contribution in [2.24, 2.45) is 0 Å². The zero-order valence-electron chi connectivity index (χ0n) is 21.2. The van der Waals surface area contributed by atoms with E-state index in [-0.39, 0.29) is 17.3 Å². The molecule has 196 valence electrons. The number of carbonyl (C=O) groups is 2. The average Bonchev–Trinajstić information content (AvgIpc) is 2.88. The van der Waals surface area contributed by atoms with Crippen molar-refractivity contribution in [2.45, 2.75) is 44.7 Å². The van der Waals surface area contributed by atoms with Crippen LogP contribution in [0.2, 0.25) is 0 Å². The van der Waals surface area contributed by atoms with E-state index in [0.29, 0.717) is 24.2 Å². The zero-order chi connectivity index (χ0) is 27.0. The highest BCUT2D eigenvalue weighted by atomic mass is 32.2. The van der Waals surface area contributed by atoms with Crippen LogP contribution in [0.5, 0.6) is 0 Å². The lowest BCUT2D eigenvalue weighted by Crippen LogP contribution is -2.52. The minimum Gasteiger partial charge on any atom is -0.355 e. The molecule has 1 N–H and O–H groups in total. The number of nitrogens with zero attached hydrogens (tertiary/aromatic N) is 2. The zero-order valence-corrected chi connectivity index (χ0v) is 22.0. The van der Waals surface area contributed by atoms with Crippen LogP contribution in [0.1, 0.15) is 31.4 Å². The van der Waals surface area contributed by atoms with Gasteiger partial charge in [0.15, 0.2) is 0 Å². The van der Waals surface area contributed by atoms with Crippen molar-refractivity contribution in [3.63, 3.8) is 0 Å². The van der Waals surface area contributed by atoms with E-state index < -0.39 is 34.3 Å². The van der Waals surface area contributed by atoms with Crippen LogP contribution in [-0.2, 0) is 26.2 Å². The summed E-state index contributed by atoms with van der Waals surface area (Å²) >= 11 is 0. The smallest absolute Gasteiger partial charge is 0.264 e. The minimum atomic E-state index is -4.11. The average molecular weight is 526 g/mol. The van der Waals surface area contributed by atoms with Gasteiger partial charge in [0.2, 0.25) is 11.8 Å². The number of rotatable bonds is 11. The molecule has 3 aromatic rings. The largest absolute Gasteiger partial charge is 0.355 e. The fourth-order valence-electron chi connectivity index (χ4n) is 4.03. The summed E-state index contributed by atoms with van der Waals surface area (Å²) in [6.45, 7) is 5.28. The van der Waals surface area contributed by atoms with Gasteiger partial charge in [-0.1, -0.05) is 49.4 Å². The number of likely N-dealkylation sites (N-methyl/N-ethyl adjacent to an activating group) is 1. The fourth-order valence-corrected chi connectivity index (χ4v) is 5.46. The Kier molecular flexibility index (Phi) is 9.41. The topological polar surface area (TPSA) is 86.8 Å². The van der Waals surface area contributed by atoms with Gasteiger partial charge in [0.05, 0.1) is 10.6 Å². The normalized spacial score (nSPS) is 12.0. The lowest BCUT2D eigenvalue weighted by molar-refractivity contribution is -0.140. The summed E-state index contributed by atoms with van der Waals surface area (Å²) in [5, 5.41) is 2.75. The highest BCUT2D eigenvalue weighted by Crippen LogP contribution is 2.25. The first-order valence-corrected chi connectivity index (χ1v) is 13.6. The van der Waals surface area contributed by atoms with Crippen LogP contribution in [0.25, 0.3) is 0 Å². The van der Waals surface area contributed by atoms with E-state index in [1.807, 2.05) is 13.0 Å². The third kappa shape index (κ3) is 6.95. The first-order chi connectivity index (χ1) is 17.7. The number of aryl methyl sites for hydroxylation is 1. The van der Waals surface area contributed by atoms with Gasteiger partial charge >= 0.3 is 0 Å². The van der Waals surface area contributed by atoms with E-state index in [2.05, 4.69) is 5.32 Å². The van der Waals surface area contributed by atoms with E-state index in [1.165, 1.54) is 29.2 Å². The Balaban J connectivity index is 2.04. The summed E-state index contributed by atoms with van der Waals surface area (Å²) in [6.07, 6.45) is 0.314. The molecule has 0 heterocycles. The quantitative estimate of drug-likeness (QED) is 0.405. The first-order valence-electron chi connectivity index (χ1n) is 12.1. The molecule has 0 spiro atoms. The van der Waals surface area contributed by atoms with Crippen molar-refractivity contribution in [1.29, 1.82) is 0 Å². The third-order valence-corrected chi connectivity index (χ3v) is 7.69. The number of benzene rings is 3. The molecule has 0 saturated carbocycles. The Morgan fingerprint density at radius 1 is 0.946 bits per heavy atom. The highest BCUT2D eigenvalue weighted by Gasteiger charge is 2.33. The van der Waals surface area contributed by atoms with Crippen LogP contribution in [0.15, 0.2) is 83.8 Å². The monoisotopic (exact) mass is 525 g/mol. The van der Waals surface area contributed by atoms with Crippen molar-refractivity contribution in [3.8, 4) is 0 Å². The van der Waals surface area contributed by atoms with E-state index in [0.717, 1.165) is 9.87 Å². The third-order valence-electron chi connectivity index (χ3n) is 5.90. The van der Waals surface area contributed by atoms with Gasteiger partial charge < -0.3 is 10.2 Å². The maximum Gasteiger partial charge on any atom is 0.264 e. The van der Waals surface area contributed by atoms with Gasteiger partial charge in [-0.25, -0.2) is 12.8 Å². The number of hydrogen-bond acceptors (Lipinski definition) is 4. The number of nitrogens with one attached hydrogen (secondary N) is 1. The first kappa shape index (κ1) is 27.9. The van der Waals surface area contributed by atoms with Gasteiger partial charge in [-0.2, -0.15) is 0 Å². The Morgan fingerprint density at radius 3 is 2.22 bits per heavy atom. The van der Waals surface area contributed by atoms with Crippen LogP contribution in [0, 0.1) is 12.7 Å². The molecule has 0 aromatic heterocycles. The molecule has 0 aliphatic heterocycles. The SMILES string of the molecule is CCNC(=O)[C@H](CC)N(Cc1ccc(F)cc1)C(=O)CN(c1cccc(C)c1)S(=O)(=O)c1ccccc1. The van der Waals surface area contributed by atoms with Gasteiger partial charge in [0.1, 0.15) is 18.4 Å². The van der Waals surface area contributed by atoms with Crippen molar-refractivity contribution in [3.05, 3.63) is 95.8 Å². The Labute approximate surface area is 218 Å². The number of halogens is 1. The number of sulfonamides is 1. The fraction of sp³-hybridized carbons (Fsp3) is 0.286. The van der Waals surface area contributed by atoms with Crippen LogP contribution in [0.4, 0.5) is 10.1 Å². The van der Waals surface area contributed by atoms with E-state index >= 15 is 0 Å². The molecule has 0 radical (unpaired) electrons. The van der Waals surface area contributed by atoms with E-state index in [1.54, 1.807) is 62.4 Å². The van der Waals surface area contributed by atoms with Crippen molar-refractivity contribution in [1.82, 2.24) is 10.2 Å². The summed E-state index contributed by atoms with van der Waals surface area (Å²) < 4.78 is 42.0. The molecule has 0 aliphatic rings. The van der Waals surface area contributed by atoms with Gasteiger partial charge in [-0.3, -0.25) is 13.9 Å². The van der Waals surface area contributed by atoms with Gasteiger partial charge in [0, 0.05) is 13.1 Å². The summed E-state index contributed by atoms with van der Waals surface area (Å²) in [5.74, 6) is -1.31. The predicted molar refractivity (Wildman–Crippen MR) is 142 cm³/mol. The lowest BCUT2D eigenvalue weighted by atomic mass is 10.1. The Bertz CT molecular complexity index is 1310. The maximum absolute atomic E-state index is 13.8. The van der Waals surface area contributed by atoms with Crippen LogP contribution in [-0.4, -0.2) is 44.3 Å². The molecule has 0 saturated heterocycles. The molecular weight excluding hydrogens is 493 g/mol. The van der Waals surface area contributed by atoms with Crippen LogP contribution >= 0.6 is 0 Å². The molecular formula is C28H32FN3O4S. The highest BCUT2D eigenvalue weighted by molar-refractivity contribution is 7.92. The molecule has 0 aliphatic carbocycles. The van der Waals surface area contributed by atoms with Crippen molar-refractivity contribution < 1.29 is 22.4 Å². The number of hydrogen-bond donors (Lipinski definition) is 1. The van der Waals surface area contributed by atoms with E-state index in [4.69, 9.17) is 0 Å². The van der Waals surface area contributed by atoms with Crippen molar-refractivity contribution >= 4 is 27.5 Å².